The van der Waals surface area contributed by atoms with Gasteiger partial charge in [0.25, 0.3) is 0 Å². The third-order valence-electron chi connectivity index (χ3n) is 8.52. The van der Waals surface area contributed by atoms with E-state index in [1.807, 2.05) is 67.7 Å². The van der Waals surface area contributed by atoms with Crippen molar-refractivity contribution in [2.24, 2.45) is 4.99 Å². The lowest BCUT2D eigenvalue weighted by atomic mass is 10.1. The number of ether oxygens (including phenoxy) is 3. The smallest absolute Gasteiger partial charge is 0.336 e. The van der Waals surface area contributed by atoms with Crippen LogP contribution < -0.4 is 14.2 Å². The Morgan fingerprint density at radius 3 is 1.73 bits per heavy atom. The van der Waals surface area contributed by atoms with Gasteiger partial charge in [0.15, 0.2) is 0 Å². The zero-order chi connectivity index (χ0) is 34.1. The molecule has 0 aromatic heterocycles. The summed E-state index contributed by atoms with van der Waals surface area (Å²) in [7, 11) is 0. The van der Waals surface area contributed by atoms with Gasteiger partial charge >= 0.3 is 5.97 Å². The van der Waals surface area contributed by atoms with Crippen molar-refractivity contribution in [3.8, 4) is 17.2 Å². The molecular formula is C43H59NO4. The van der Waals surface area contributed by atoms with Gasteiger partial charge in [0.2, 0.25) is 0 Å². The van der Waals surface area contributed by atoms with Crippen LogP contribution in [0.2, 0.25) is 0 Å². The highest BCUT2D eigenvalue weighted by atomic mass is 16.5. The molecule has 3 aromatic rings. The third kappa shape index (κ3) is 16.3. The Morgan fingerprint density at radius 1 is 0.604 bits per heavy atom. The second-order valence-corrected chi connectivity index (χ2v) is 12.7. The number of unbranched alkanes of at least 4 members (excludes halogenated alkanes) is 14. The van der Waals surface area contributed by atoms with Crippen molar-refractivity contribution in [2.75, 3.05) is 13.2 Å². The minimum atomic E-state index is -0.425. The summed E-state index contributed by atoms with van der Waals surface area (Å²) in [6, 6.07) is 21.1. The molecule has 0 N–H and O–H groups in total. The van der Waals surface area contributed by atoms with Crippen LogP contribution in [-0.2, 0) is 4.79 Å². The molecule has 0 unspecified atom stereocenters. The average Bonchev–Trinajstić information content (AvgIpc) is 3.10. The molecule has 0 aliphatic carbocycles. The van der Waals surface area contributed by atoms with Crippen molar-refractivity contribution >= 4 is 23.9 Å². The van der Waals surface area contributed by atoms with Gasteiger partial charge in [0.05, 0.1) is 18.9 Å². The van der Waals surface area contributed by atoms with Crippen LogP contribution in [0.5, 0.6) is 17.2 Å². The molecule has 0 saturated heterocycles. The van der Waals surface area contributed by atoms with Crippen molar-refractivity contribution < 1.29 is 19.0 Å². The van der Waals surface area contributed by atoms with Gasteiger partial charge in [-0.15, -0.1) is 0 Å². The number of carbonyl (C=O) groups excluding carboxylic acids is 1. The Morgan fingerprint density at radius 2 is 1.12 bits per heavy atom. The number of rotatable bonds is 25. The maximum atomic E-state index is 12.4. The van der Waals surface area contributed by atoms with Gasteiger partial charge in [0, 0.05) is 17.9 Å². The van der Waals surface area contributed by atoms with Crippen molar-refractivity contribution in [3.05, 3.63) is 89.5 Å². The largest absolute Gasteiger partial charge is 0.494 e. The Bertz CT molecular complexity index is 1340. The SMILES string of the molecule is CCCCCCCCCCOc1ccc(/C=C/C(=O)Oc2ccc(C=Nc3cccc(OCCCCCCCCCC)c3C)cc2)cc1. The van der Waals surface area contributed by atoms with Crippen molar-refractivity contribution in [1.82, 2.24) is 0 Å². The fourth-order valence-corrected chi connectivity index (χ4v) is 5.50. The van der Waals surface area contributed by atoms with Crippen LogP contribution in [0.25, 0.3) is 6.08 Å². The number of nitrogens with zero attached hydrogens (tertiary/aromatic N) is 1. The minimum absolute atomic E-state index is 0.425. The standard InChI is InChI=1S/C43H59NO4/c1-4-6-8-10-12-14-16-18-33-46-39-28-23-37(24-29-39)27-32-43(45)48-40-30-25-38(26-31-40)35-44-41-21-20-22-42(36(41)3)47-34-19-17-15-13-11-9-7-5-2/h20-32,35H,4-19,33-34H2,1-3H3/b32-27+,44-35?. The molecule has 0 atom stereocenters. The van der Waals surface area contributed by atoms with Crippen LogP contribution >= 0.6 is 0 Å². The summed E-state index contributed by atoms with van der Waals surface area (Å²) in [4.78, 5) is 17.1. The monoisotopic (exact) mass is 653 g/mol. The first kappa shape index (κ1) is 38.6. The lowest BCUT2D eigenvalue weighted by Crippen LogP contribution is -2.03. The number of benzene rings is 3. The molecule has 5 nitrogen and oxygen atoms in total. The van der Waals surface area contributed by atoms with Crippen LogP contribution in [0.1, 0.15) is 133 Å². The molecule has 0 radical (unpaired) electrons. The van der Waals surface area contributed by atoms with E-state index in [0.717, 1.165) is 59.9 Å². The Kier molecular flexibility index (Phi) is 19.5. The van der Waals surface area contributed by atoms with E-state index in [2.05, 4.69) is 13.8 Å². The second-order valence-electron chi connectivity index (χ2n) is 12.7. The molecule has 3 rings (SSSR count). The van der Waals surface area contributed by atoms with E-state index in [9.17, 15) is 4.79 Å². The molecule has 5 heteroatoms. The number of hydrogen-bond acceptors (Lipinski definition) is 5. The van der Waals surface area contributed by atoms with Gasteiger partial charge in [-0.25, -0.2) is 4.79 Å². The molecule has 48 heavy (non-hydrogen) atoms. The first-order chi connectivity index (χ1) is 23.6. The molecule has 0 amide bonds. The van der Waals surface area contributed by atoms with Crippen LogP contribution in [0.3, 0.4) is 0 Å². The molecule has 0 aliphatic rings. The Labute approximate surface area is 290 Å². The van der Waals surface area contributed by atoms with Crippen LogP contribution in [0.15, 0.2) is 77.8 Å². The lowest BCUT2D eigenvalue weighted by molar-refractivity contribution is -0.128. The molecule has 0 heterocycles. The van der Waals surface area contributed by atoms with Gasteiger partial charge in [-0.1, -0.05) is 122 Å². The van der Waals surface area contributed by atoms with Crippen LogP contribution in [0, 0.1) is 6.92 Å². The summed E-state index contributed by atoms with van der Waals surface area (Å²) < 4.78 is 17.5. The maximum Gasteiger partial charge on any atom is 0.336 e. The molecule has 260 valence electrons. The summed E-state index contributed by atoms with van der Waals surface area (Å²) in [6.07, 6.45) is 25.6. The molecule has 0 saturated carbocycles. The summed E-state index contributed by atoms with van der Waals surface area (Å²) in [5.41, 5.74) is 3.74. The van der Waals surface area contributed by atoms with Gasteiger partial charge < -0.3 is 14.2 Å². The first-order valence-corrected chi connectivity index (χ1v) is 18.6. The summed E-state index contributed by atoms with van der Waals surface area (Å²) in [6.45, 7) is 8.03. The highest BCUT2D eigenvalue weighted by molar-refractivity contribution is 5.89. The topological polar surface area (TPSA) is 57.1 Å². The van der Waals surface area contributed by atoms with E-state index in [4.69, 9.17) is 19.2 Å². The van der Waals surface area contributed by atoms with E-state index in [-0.39, 0.29) is 0 Å². The van der Waals surface area contributed by atoms with E-state index < -0.39 is 5.97 Å². The average molecular weight is 654 g/mol. The fourth-order valence-electron chi connectivity index (χ4n) is 5.50. The molecule has 0 aliphatic heterocycles. The van der Waals surface area contributed by atoms with Gasteiger partial charge in [-0.05, 0) is 85.5 Å². The normalized spacial score (nSPS) is 11.4. The molecule has 3 aromatic carbocycles. The highest BCUT2D eigenvalue weighted by Gasteiger charge is 2.05. The van der Waals surface area contributed by atoms with Crippen molar-refractivity contribution in [2.45, 2.75) is 124 Å². The number of esters is 1. The van der Waals surface area contributed by atoms with E-state index in [1.165, 1.54) is 96.0 Å². The van der Waals surface area contributed by atoms with Gasteiger partial charge in [-0.2, -0.15) is 0 Å². The number of aliphatic imine (C=N–C) groups is 1. The van der Waals surface area contributed by atoms with Crippen LogP contribution in [0.4, 0.5) is 5.69 Å². The fraction of sp³-hybridized carbons (Fsp3) is 0.488. The highest BCUT2D eigenvalue weighted by Crippen LogP contribution is 2.28. The van der Waals surface area contributed by atoms with Crippen molar-refractivity contribution in [3.63, 3.8) is 0 Å². The Balaban J connectivity index is 1.35. The number of carbonyl (C=O) groups is 1. The summed E-state index contributed by atoms with van der Waals surface area (Å²) in [5, 5.41) is 0. The van der Waals surface area contributed by atoms with Gasteiger partial charge in [-0.3, -0.25) is 4.99 Å². The Hall–Kier alpha value is -3.86. The first-order valence-electron chi connectivity index (χ1n) is 18.6. The van der Waals surface area contributed by atoms with Crippen LogP contribution in [-0.4, -0.2) is 25.4 Å². The molecule has 0 fully saturated rings. The van der Waals surface area contributed by atoms with Gasteiger partial charge in [0.1, 0.15) is 17.2 Å². The minimum Gasteiger partial charge on any atom is -0.494 e. The quantitative estimate of drug-likeness (QED) is 0.0300. The predicted molar refractivity (Wildman–Crippen MR) is 202 cm³/mol. The summed E-state index contributed by atoms with van der Waals surface area (Å²) in [5.74, 6) is 1.80. The number of hydrogen-bond donors (Lipinski definition) is 0. The molecular weight excluding hydrogens is 594 g/mol. The van der Waals surface area contributed by atoms with E-state index in [1.54, 1.807) is 18.2 Å². The zero-order valence-electron chi connectivity index (χ0n) is 29.9. The molecule has 0 spiro atoms. The van der Waals surface area contributed by atoms with E-state index in [0.29, 0.717) is 5.75 Å². The molecule has 0 bridgehead atoms. The predicted octanol–water partition coefficient (Wildman–Crippen LogP) is 12.4. The summed E-state index contributed by atoms with van der Waals surface area (Å²) >= 11 is 0. The van der Waals surface area contributed by atoms with E-state index >= 15 is 0 Å². The van der Waals surface area contributed by atoms with Crippen molar-refractivity contribution in [1.29, 1.82) is 0 Å². The zero-order valence-corrected chi connectivity index (χ0v) is 29.9. The third-order valence-corrected chi connectivity index (χ3v) is 8.52. The lowest BCUT2D eigenvalue weighted by Gasteiger charge is -2.10. The maximum absolute atomic E-state index is 12.4. The second kappa shape index (κ2) is 24.3.